The molecular formula is C24H18F2N4O4. The number of urea groups is 1. The molecule has 2 N–H and O–H groups in total. The molecule has 34 heavy (non-hydrogen) atoms. The zero-order chi connectivity index (χ0) is 24.1. The first-order valence-corrected chi connectivity index (χ1v) is 10.3. The number of hydrogen-bond donors (Lipinski definition) is 2. The summed E-state index contributed by atoms with van der Waals surface area (Å²) < 4.78 is 34.9. The average Bonchev–Trinajstić information content (AvgIpc) is 3.38. The van der Waals surface area contributed by atoms with Crippen molar-refractivity contribution in [2.24, 2.45) is 7.05 Å². The Bertz CT molecular complexity index is 1540. The van der Waals surface area contributed by atoms with Crippen molar-refractivity contribution in [2.75, 3.05) is 4.90 Å². The van der Waals surface area contributed by atoms with Gasteiger partial charge >= 0.3 is 6.03 Å². The number of aromatic nitrogens is 2. The smallest absolute Gasteiger partial charge is 0.329 e. The molecule has 3 heterocycles. The summed E-state index contributed by atoms with van der Waals surface area (Å²) in [7, 11) is 1.58. The normalized spacial score (nSPS) is 15.8. The van der Waals surface area contributed by atoms with E-state index in [9.17, 15) is 23.2 Å². The molecule has 1 fully saturated rings. The van der Waals surface area contributed by atoms with Crippen LogP contribution in [0.5, 0.6) is 11.5 Å². The third-order valence-corrected chi connectivity index (χ3v) is 5.65. The Labute approximate surface area is 191 Å². The Morgan fingerprint density at radius 2 is 1.74 bits per heavy atom. The number of H-pyrrole nitrogens is 1. The maximum atomic E-state index is 14.3. The first-order chi connectivity index (χ1) is 16.2. The van der Waals surface area contributed by atoms with Crippen LogP contribution in [0.2, 0.25) is 0 Å². The van der Waals surface area contributed by atoms with E-state index in [0.29, 0.717) is 28.1 Å². The largest absolute Gasteiger partial charge is 0.454 e. The molecule has 10 heteroatoms. The molecule has 1 saturated heterocycles. The molecule has 5 rings (SSSR count). The van der Waals surface area contributed by atoms with Crippen molar-refractivity contribution in [2.45, 2.75) is 13.0 Å². The van der Waals surface area contributed by atoms with Crippen LogP contribution in [0.1, 0.15) is 6.92 Å². The standard InChI is InChI=1S/C24H18F2N4O4/c1-12-22(31)30(24(33)28-12)14-4-6-19(34-20-5-3-13(25)9-18(20)26)16(10-14)17-11-29(2)23(32)21-15(17)7-8-27-21/h3-12,27H,1-2H3,(H,28,33)/t12-/m1/s1. The second kappa shape index (κ2) is 7.84. The number of nitrogens with zero attached hydrogens (tertiary/aromatic N) is 2. The van der Waals surface area contributed by atoms with Gasteiger partial charge in [0.05, 0.1) is 5.69 Å². The summed E-state index contributed by atoms with van der Waals surface area (Å²) in [5.41, 5.74) is 1.29. The zero-order valence-corrected chi connectivity index (χ0v) is 18.1. The lowest BCUT2D eigenvalue weighted by atomic mass is 10.0. The highest BCUT2D eigenvalue weighted by Gasteiger charge is 2.36. The maximum absolute atomic E-state index is 14.3. The predicted octanol–water partition coefficient (Wildman–Crippen LogP) is 4.05. The van der Waals surface area contributed by atoms with Gasteiger partial charge in [0.2, 0.25) is 0 Å². The monoisotopic (exact) mass is 464 g/mol. The highest BCUT2D eigenvalue weighted by molar-refractivity contribution is 6.21. The molecule has 1 aliphatic rings. The second-order valence-electron chi connectivity index (χ2n) is 7.93. The number of carbonyl (C=O) groups excluding carboxylic acids is 2. The Hall–Kier alpha value is -4.47. The number of rotatable bonds is 4. The summed E-state index contributed by atoms with van der Waals surface area (Å²) in [4.78, 5) is 41.4. The number of amides is 3. The van der Waals surface area contributed by atoms with Crippen LogP contribution in [0.3, 0.4) is 0 Å². The van der Waals surface area contributed by atoms with E-state index < -0.39 is 29.6 Å². The minimum Gasteiger partial charge on any atom is -0.454 e. The fourth-order valence-electron chi connectivity index (χ4n) is 3.97. The number of aryl methyl sites for hydroxylation is 1. The van der Waals surface area contributed by atoms with Gasteiger partial charge in [-0.05, 0) is 43.3 Å². The summed E-state index contributed by atoms with van der Waals surface area (Å²) in [6.45, 7) is 1.58. The van der Waals surface area contributed by atoms with Gasteiger partial charge < -0.3 is 19.6 Å². The van der Waals surface area contributed by atoms with Crippen LogP contribution >= 0.6 is 0 Å². The molecule has 0 saturated carbocycles. The van der Waals surface area contributed by atoms with Gasteiger partial charge in [-0.25, -0.2) is 18.5 Å². The van der Waals surface area contributed by atoms with E-state index in [4.69, 9.17) is 4.74 Å². The highest BCUT2D eigenvalue weighted by atomic mass is 19.1. The van der Waals surface area contributed by atoms with Crippen molar-refractivity contribution in [3.8, 4) is 22.6 Å². The molecule has 8 nitrogen and oxygen atoms in total. The summed E-state index contributed by atoms with van der Waals surface area (Å²) in [5, 5.41) is 3.12. The average molecular weight is 464 g/mol. The topological polar surface area (TPSA) is 96.4 Å². The molecule has 2 aromatic heterocycles. The molecule has 0 bridgehead atoms. The molecule has 172 valence electrons. The van der Waals surface area contributed by atoms with E-state index in [1.165, 1.54) is 16.7 Å². The van der Waals surface area contributed by atoms with Gasteiger partial charge in [0, 0.05) is 42.0 Å². The number of carbonyl (C=O) groups is 2. The number of fused-ring (bicyclic) bond motifs is 1. The van der Waals surface area contributed by atoms with E-state index in [1.807, 2.05) is 0 Å². The van der Waals surface area contributed by atoms with Crippen LogP contribution < -0.4 is 20.5 Å². The number of imide groups is 1. The minimum atomic E-state index is -0.898. The quantitative estimate of drug-likeness (QED) is 0.446. The Morgan fingerprint density at radius 1 is 0.971 bits per heavy atom. The number of anilines is 1. The molecule has 0 radical (unpaired) electrons. The molecule has 4 aromatic rings. The number of aromatic amines is 1. The van der Waals surface area contributed by atoms with Crippen molar-refractivity contribution >= 4 is 28.5 Å². The highest BCUT2D eigenvalue weighted by Crippen LogP contribution is 2.40. The lowest BCUT2D eigenvalue weighted by Gasteiger charge is -2.18. The summed E-state index contributed by atoms with van der Waals surface area (Å²) in [6.07, 6.45) is 3.19. The molecule has 2 aromatic carbocycles. The molecule has 0 aliphatic carbocycles. The van der Waals surface area contributed by atoms with E-state index >= 15 is 0 Å². The number of ether oxygens (including phenoxy) is 1. The van der Waals surface area contributed by atoms with Gasteiger partial charge in [0.1, 0.15) is 23.1 Å². The Kier molecular flexibility index (Phi) is 4.93. The first-order valence-electron chi connectivity index (χ1n) is 10.3. The molecule has 3 amide bonds. The van der Waals surface area contributed by atoms with Crippen LogP contribution in [-0.2, 0) is 11.8 Å². The van der Waals surface area contributed by atoms with Crippen molar-refractivity contribution in [3.63, 3.8) is 0 Å². The molecule has 0 unspecified atom stereocenters. The number of hydrogen-bond acceptors (Lipinski definition) is 4. The van der Waals surface area contributed by atoms with Crippen LogP contribution in [0.15, 0.2) is 59.7 Å². The third-order valence-electron chi connectivity index (χ3n) is 5.65. The van der Waals surface area contributed by atoms with E-state index in [-0.39, 0.29) is 22.7 Å². The summed E-state index contributed by atoms with van der Waals surface area (Å²) >= 11 is 0. The van der Waals surface area contributed by atoms with Gasteiger partial charge in [-0.1, -0.05) is 0 Å². The van der Waals surface area contributed by atoms with E-state index in [0.717, 1.165) is 17.0 Å². The molecule has 0 spiro atoms. The lowest BCUT2D eigenvalue weighted by Crippen LogP contribution is -2.30. The van der Waals surface area contributed by atoms with Crippen LogP contribution in [0.25, 0.3) is 22.0 Å². The number of benzene rings is 2. The fourth-order valence-corrected chi connectivity index (χ4v) is 3.97. The zero-order valence-electron chi connectivity index (χ0n) is 18.1. The number of nitrogens with one attached hydrogen (secondary N) is 2. The minimum absolute atomic E-state index is 0.176. The Balaban J connectivity index is 1.73. The van der Waals surface area contributed by atoms with E-state index in [2.05, 4.69) is 10.3 Å². The SMILES string of the molecule is C[C@H]1NC(=O)N(c2ccc(Oc3ccc(F)cc3F)c(-c3cn(C)c(=O)c4[nH]ccc34)c2)C1=O. The number of halogens is 2. The van der Waals surface area contributed by atoms with Crippen molar-refractivity contribution in [3.05, 3.63) is 76.8 Å². The van der Waals surface area contributed by atoms with Crippen molar-refractivity contribution in [1.29, 1.82) is 0 Å². The maximum Gasteiger partial charge on any atom is 0.329 e. The van der Waals surface area contributed by atoms with Crippen LogP contribution in [0.4, 0.5) is 19.3 Å². The van der Waals surface area contributed by atoms with Gasteiger partial charge in [0.25, 0.3) is 11.5 Å². The summed E-state index contributed by atoms with van der Waals surface area (Å²) in [5.74, 6) is -2.11. The number of pyridine rings is 1. The van der Waals surface area contributed by atoms with E-state index in [1.54, 1.807) is 38.5 Å². The van der Waals surface area contributed by atoms with Crippen LogP contribution in [0, 0.1) is 11.6 Å². The summed E-state index contributed by atoms with van der Waals surface area (Å²) in [6, 6.07) is 7.91. The molecular weight excluding hydrogens is 446 g/mol. The van der Waals surface area contributed by atoms with Gasteiger partial charge in [-0.3, -0.25) is 9.59 Å². The van der Waals surface area contributed by atoms with Crippen molar-refractivity contribution < 1.29 is 23.1 Å². The van der Waals surface area contributed by atoms with Gasteiger partial charge in [-0.2, -0.15) is 0 Å². The molecule has 1 aliphatic heterocycles. The first kappa shape index (κ1) is 21.4. The molecule has 1 atom stereocenters. The van der Waals surface area contributed by atoms with Gasteiger partial charge in [0.15, 0.2) is 11.6 Å². The van der Waals surface area contributed by atoms with Crippen molar-refractivity contribution in [1.82, 2.24) is 14.9 Å². The van der Waals surface area contributed by atoms with Crippen LogP contribution in [-0.4, -0.2) is 27.5 Å². The lowest BCUT2D eigenvalue weighted by molar-refractivity contribution is -0.117. The third kappa shape index (κ3) is 3.40. The predicted molar refractivity (Wildman–Crippen MR) is 121 cm³/mol. The second-order valence-corrected chi connectivity index (χ2v) is 7.93. The van der Waals surface area contributed by atoms with Gasteiger partial charge in [-0.15, -0.1) is 0 Å². The fraction of sp³-hybridized carbons (Fsp3) is 0.125. The Morgan fingerprint density at radius 3 is 2.44 bits per heavy atom.